The van der Waals surface area contributed by atoms with E-state index in [2.05, 4.69) is 11.0 Å². The van der Waals surface area contributed by atoms with Crippen LogP contribution in [0.2, 0.25) is 0 Å². The standard InChI is InChI=1S/C28H28F2N4O3S/c1-3-37-28(35)33-14-12-32(13-15-33)26-11-7-23(17-21(26)18-31)34(38-24-8-5-22(29)6-9-24)19-20-4-10-25(30)27(16-20)36-2/h4-11,16-17H,3,12-15,19H2,1-2H3. The van der Waals surface area contributed by atoms with Crippen molar-refractivity contribution in [3.05, 3.63) is 83.4 Å². The minimum absolute atomic E-state index is 0.143. The van der Waals surface area contributed by atoms with Crippen molar-refractivity contribution < 1.29 is 23.0 Å². The molecule has 198 valence electrons. The second kappa shape index (κ2) is 12.5. The van der Waals surface area contributed by atoms with Crippen molar-refractivity contribution in [2.75, 3.05) is 49.1 Å². The molecule has 0 aliphatic carbocycles. The van der Waals surface area contributed by atoms with Crippen molar-refractivity contribution in [1.82, 2.24) is 4.90 Å². The molecule has 3 aromatic rings. The van der Waals surface area contributed by atoms with Crippen LogP contribution in [0, 0.1) is 23.0 Å². The van der Waals surface area contributed by atoms with Crippen molar-refractivity contribution in [2.45, 2.75) is 18.4 Å². The number of benzene rings is 3. The smallest absolute Gasteiger partial charge is 0.409 e. The summed E-state index contributed by atoms with van der Waals surface area (Å²) in [6, 6.07) is 18.7. The van der Waals surface area contributed by atoms with Gasteiger partial charge in [-0.25, -0.2) is 13.6 Å². The van der Waals surface area contributed by atoms with Crippen LogP contribution >= 0.6 is 11.9 Å². The Hall–Kier alpha value is -3.97. The van der Waals surface area contributed by atoms with Gasteiger partial charge in [0.05, 0.1) is 31.5 Å². The number of rotatable bonds is 8. The highest BCUT2D eigenvalue weighted by atomic mass is 32.2. The van der Waals surface area contributed by atoms with Crippen molar-refractivity contribution in [2.24, 2.45) is 0 Å². The Kier molecular flexibility index (Phi) is 8.92. The third-order valence-corrected chi connectivity index (χ3v) is 7.15. The van der Waals surface area contributed by atoms with Gasteiger partial charge in [-0.15, -0.1) is 0 Å². The lowest BCUT2D eigenvalue weighted by molar-refractivity contribution is 0.105. The fourth-order valence-corrected chi connectivity index (χ4v) is 5.10. The number of hydrogen-bond donors (Lipinski definition) is 0. The maximum Gasteiger partial charge on any atom is 0.409 e. The molecule has 1 aliphatic heterocycles. The number of nitriles is 1. The molecule has 1 heterocycles. The average Bonchev–Trinajstić information content (AvgIpc) is 2.94. The summed E-state index contributed by atoms with van der Waals surface area (Å²) in [6.45, 7) is 4.65. The molecule has 3 aromatic carbocycles. The molecule has 0 aromatic heterocycles. The quantitative estimate of drug-likeness (QED) is 0.334. The Labute approximate surface area is 225 Å². The zero-order valence-corrected chi connectivity index (χ0v) is 22.0. The van der Waals surface area contributed by atoms with Gasteiger partial charge in [0.2, 0.25) is 0 Å². The molecule has 0 spiro atoms. The van der Waals surface area contributed by atoms with Gasteiger partial charge in [0.15, 0.2) is 11.6 Å². The van der Waals surface area contributed by atoms with E-state index in [1.807, 2.05) is 22.5 Å². The first-order valence-electron chi connectivity index (χ1n) is 12.2. The molecule has 1 amide bonds. The molecule has 0 saturated carbocycles. The van der Waals surface area contributed by atoms with E-state index in [-0.39, 0.29) is 17.7 Å². The van der Waals surface area contributed by atoms with Crippen LogP contribution in [0.5, 0.6) is 5.75 Å². The number of carbonyl (C=O) groups excluding carboxylic acids is 1. The fourth-order valence-electron chi connectivity index (χ4n) is 4.16. The number of methoxy groups -OCH3 is 1. The van der Waals surface area contributed by atoms with Crippen molar-refractivity contribution >= 4 is 29.4 Å². The second-order valence-corrected chi connectivity index (χ2v) is 9.63. The normalized spacial score (nSPS) is 13.1. The Bertz CT molecular complexity index is 1310. The third-order valence-electron chi connectivity index (χ3n) is 6.11. The molecule has 0 N–H and O–H groups in total. The lowest BCUT2D eigenvalue weighted by Gasteiger charge is -2.36. The number of piperazine rings is 1. The van der Waals surface area contributed by atoms with Crippen molar-refractivity contribution in [3.63, 3.8) is 0 Å². The Balaban J connectivity index is 1.59. The summed E-state index contributed by atoms with van der Waals surface area (Å²) in [5, 5.41) is 9.99. The van der Waals surface area contributed by atoms with E-state index >= 15 is 0 Å². The van der Waals surface area contributed by atoms with Crippen LogP contribution in [0.1, 0.15) is 18.1 Å². The molecule has 0 bridgehead atoms. The van der Waals surface area contributed by atoms with Gasteiger partial charge in [-0.2, -0.15) is 5.26 Å². The minimum atomic E-state index is -0.451. The topological polar surface area (TPSA) is 69.0 Å². The van der Waals surface area contributed by atoms with Crippen molar-refractivity contribution in [1.29, 1.82) is 5.26 Å². The number of hydrogen-bond acceptors (Lipinski definition) is 7. The first-order chi connectivity index (χ1) is 18.4. The molecular weight excluding hydrogens is 510 g/mol. The van der Waals surface area contributed by atoms with Gasteiger partial charge in [-0.1, -0.05) is 6.07 Å². The fraction of sp³-hybridized carbons (Fsp3) is 0.286. The third kappa shape index (κ3) is 6.47. The molecule has 1 fully saturated rings. The Morgan fingerprint density at radius 1 is 1.05 bits per heavy atom. The summed E-state index contributed by atoms with van der Waals surface area (Å²) in [5.41, 5.74) is 2.84. The van der Waals surface area contributed by atoms with E-state index in [0.717, 1.165) is 21.8 Å². The van der Waals surface area contributed by atoms with Crippen LogP contribution in [0.25, 0.3) is 0 Å². The average molecular weight is 539 g/mol. The van der Waals surface area contributed by atoms with E-state index in [4.69, 9.17) is 9.47 Å². The molecule has 10 heteroatoms. The first kappa shape index (κ1) is 27.1. The molecular formula is C28H28F2N4O3S. The molecule has 1 aliphatic rings. The minimum Gasteiger partial charge on any atom is -0.494 e. The van der Waals surface area contributed by atoms with Gasteiger partial charge < -0.3 is 23.6 Å². The van der Waals surface area contributed by atoms with Crippen LogP contribution in [0.4, 0.5) is 25.0 Å². The lowest BCUT2D eigenvalue weighted by atomic mass is 10.1. The maximum atomic E-state index is 14.0. The highest BCUT2D eigenvalue weighted by Crippen LogP contribution is 2.35. The highest BCUT2D eigenvalue weighted by molar-refractivity contribution is 8.00. The molecule has 0 radical (unpaired) electrons. The Morgan fingerprint density at radius 2 is 1.79 bits per heavy atom. The number of amides is 1. The number of ether oxygens (including phenoxy) is 2. The van der Waals surface area contributed by atoms with Gasteiger partial charge in [-0.3, -0.25) is 0 Å². The molecule has 0 atom stereocenters. The van der Waals surface area contributed by atoms with E-state index in [1.54, 1.807) is 36.1 Å². The van der Waals surface area contributed by atoms with Gasteiger partial charge in [0, 0.05) is 36.8 Å². The van der Waals surface area contributed by atoms with Gasteiger partial charge >= 0.3 is 6.09 Å². The summed E-state index contributed by atoms with van der Waals surface area (Å²) in [7, 11) is 1.41. The number of nitrogens with zero attached hydrogens (tertiary/aromatic N) is 4. The number of anilines is 2. The van der Waals surface area contributed by atoms with Gasteiger partial charge in [0.25, 0.3) is 0 Å². The Morgan fingerprint density at radius 3 is 2.45 bits per heavy atom. The first-order valence-corrected chi connectivity index (χ1v) is 12.9. The molecule has 38 heavy (non-hydrogen) atoms. The largest absolute Gasteiger partial charge is 0.494 e. The van der Waals surface area contributed by atoms with E-state index in [0.29, 0.717) is 44.9 Å². The van der Waals surface area contributed by atoms with Crippen LogP contribution in [-0.4, -0.2) is 50.9 Å². The molecule has 1 saturated heterocycles. The predicted octanol–water partition coefficient (Wildman–Crippen LogP) is 5.84. The maximum absolute atomic E-state index is 14.0. The lowest BCUT2D eigenvalue weighted by Crippen LogP contribution is -2.49. The summed E-state index contributed by atoms with van der Waals surface area (Å²) >= 11 is 1.38. The van der Waals surface area contributed by atoms with Crippen molar-refractivity contribution in [3.8, 4) is 11.8 Å². The summed E-state index contributed by atoms with van der Waals surface area (Å²) in [5.74, 6) is -0.638. The SMILES string of the molecule is CCOC(=O)N1CCN(c2ccc(N(Cc3ccc(F)c(OC)c3)Sc3ccc(F)cc3)cc2C#N)CC1. The molecule has 7 nitrogen and oxygen atoms in total. The highest BCUT2D eigenvalue weighted by Gasteiger charge is 2.24. The summed E-state index contributed by atoms with van der Waals surface area (Å²) in [6.07, 6.45) is -0.325. The van der Waals surface area contributed by atoms with Crippen LogP contribution in [-0.2, 0) is 11.3 Å². The number of carbonyl (C=O) groups is 1. The zero-order chi connectivity index (χ0) is 27.1. The molecule has 0 unspecified atom stereocenters. The second-order valence-electron chi connectivity index (χ2n) is 8.54. The van der Waals surface area contributed by atoms with Gasteiger partial charge in [-0.05, 0) is 79.0 Å². The number of halogens is 2. The van der Waals surface area contributed by atoms with Gasteiger partial charge in [0.1, 0.15) is 11.9 Å². The van der Waals surface area contributed by atoms with Crippen LogP contribution < -0.4 is 13.9 Å². The summed E-state index contributed by atoms with van der Waals surface area (Å²) in [4.78, 5) is 16.6. The summed E-state index contributed by atoms with van der Waals surface area (Å²) < 4.78 is 39.7. The zero-order valence-electron chi connectivity index (χ0n) is 21.2. The van der Waals surface area contributed by atoms with E-state index in [9.17, 15) is 18.8 Å². The monoisotopic (exact) mass is 538 g/mol. The van der Waals surface area contributed by atoms with E-state index in [1.165, 1.54) is 37.3 Å². The van der Waals surface area contributed by atoms with Crippen LogP contribution in [0.15, 0.2) is 65.6 Å². The predicted molar refractivity (Wildman–Crippen MR) is 143 cm³/mol. The van der Waals surface area contributed by atoms with Crippen LogP contribution in [0.3, 0.4) is 0 Å². The molecule has 4 rings (SSSR count). The van der Waals surface area contributed by atoms with E-state index < -0.39 is 5.82 Å².